The maximum atomic E-state index is 12.3. The second-order valence-corrected chi connectivity index (χ2v) is 6.17. The van der Waals surface area contributed by atoms with Crippen molar-refractivity contribution in [2.75, 3.05) is 0 Å². The number of carbonyl (C=O) groups is 1. The third-order valence-corrected chi connectivity index (χ3v) is 4.61. The van der Waals surface area contributed by atoms with Gasteiger partial charge in [-0.3, -0.25) is 9.59 Å². The Balaban J connectivity index is 1.81. The first-order chi connectivity index (χ1) is 11.1. The first-order valence-corrected chi connectivity index (χ1v) is 8.16. The molecule has 4 nitrogen and oxygen atoms in total. The van der Waals surface area contributed by atoms with E-state index in [4.69, 9.17) is 0 Å². The fraction of sp³-hybridized carbons (Fsp3) is 0.111. The molecular formula is C18H16N2O2S. The summed E-state index contributed by atoms with van der Waals surface area (Å²) in [5.41, 5.74) is 1.33. The van der Waals surface area contributed by atoms with Crippen LogP contribution in [0.5, 0.6) is 0 Å². The molecule has 1 aromatic carbocycles. The predicted molar refractivity (Wildman–Crippen MR) is 92.7 cm³/mol. The Labute approximate surface area is 137 Å². The molecule has 0 unspecified atom stereocenters. The molecule has 0 bridgehead atoms. The van der Waals surface area contributed by atoms with Crippen molar-refractivity contribution < 1.29 is 4.79 Å². The monoisotopic (exact) mass is 324 g/mol. The van der Waals surface area contributed by atoms with E-state index >= 15 is 0 Å². The van der Waals surface area contributed by atoms with E-state index < -0.39 is 0 Å². The second kappa shape index (κ2) is 6.62. The highest BCUT2D eigenvalue weighted by molar-refractivity contribution is 7.10. The van der Waals surface area contributed by atoms with Gasteiger partial charge in [0.1, 0.15) is 5.56 Å². The zero-order chi connectivity index (χ0) is 16.2. The largest absolute Gasteiger partial charge is 0.345 e. The second-order valence-electron chi connectivity index (χ2n) is 5.19. The Kier molecular flexibility index (Phi) is 4.39. The molecule has 5 heteroatoms. The zero-order valence-corrected chi connectivity index (χ0v) is 13.4. The van der Waals surface area contributed by atoms with Crippen molar-refractivity contribution in [1.82, 2.24) is 10.3 Å². The summed E-state index contributed by atoms with van der Waals surface area (Å²) in [5, 5.41) is 4.81. The number of carbonyl (C=O) groups excluding carboxylic acids is 1. The summed E-state index contributed by atoms with van der Waals surface area (Å²) >= 11 is 1.57. The van der Waals surface area contributed by atoms with Crippen molar-refractivity contribution in [2.45, 2.75) is 13.0 Å². The van der Waals surface area contributed by atoms with Gasteiger partial charge in [0, 0.05) is 10.6 Å². The summed E-state index contributed by atoms with van der Waals surface area (Å²) in [6, 6.07) is 16.6. The molecule has 0 aliphatic carbocycles. The van der Waals surface area contributed by atoms with E-state index in [1.165, 1.54) is 0 Å². The topological polar surface area (TPSA) is 62.0 Å². The van der Waals surface area contributed by atoms with Crippen LogP contribution in [0.25, 0.3) is 11.3 Å². The van der Waals surface area contributed by atoms with E-state index in [0.29, 0.717) is 5.69 Å². The molecule has 0 saturated carbocycles. The van der Waals surface area contributed by atoms with E-state index in [1.54, 1.807) is 23.5 Å². The van der Waals surface area contributed by atoms with Gasteiger partial charge in [-0.15, -0.1) is 11.3 Å². The molecule has 0 saturated heterocycles. The standard InChI is InChI=1S/C18H16N2O2S/c1-12(16-8-5-11-23-16)19-17(21)14-9-10-15(20-18(14)22)13-6-3-2-4-7-13/h2-12H,1H3,(H,19,21)(H,20,22)/t12-/m1/s1. The highest BCUT2D eigenvalue weighted by Gasteiger charge is 2.15. The van der Waals surface area contributed by atoms with E-state index in [-0.39, 0.29) is 23.1 Å². The Bertz CT molecular complexity index is 854. The van der Waals surface area contributed by atoms with Crippen LogP contribution in [0.4, 0.5) is 0 Å². The molecule has 116 valence electrons. The lowest BCUT2D eigenvalue weighted by atomic mass is 10.1. The summed E-state index contributed by atoms with van der Waals surface area (Å²) in [5.74, 6) is -0.369. The van der Waals surface area contributed by atoms with Gasteiger partial charge in [0.2, 0.25) is 0 Å². The first kappa shape index (κ1) is 15.2. The minimum Gasteiger partial charge on any atom is -0.345 e. The first-order valence-electron chi connectivity index (χ1n) is 7.28. The molecular weight excluding hydrogens is 308 g/mol. The molecule has 2 N–H and O–H groups in total. The minimum atomic E-state index is -0.387. The third kappa shape index (κ3) is 3.40. The SMILES string of the molecule is C[C@@H](NC(=O)c1ccc(-c2ccccc2)[nH]c1=O)c1cccs1. The Hall–Kier alpha value is -2.66. The average molecular weight is 324 g/mol. The molecule has 1 atom stereocenters. The molecule has 3 rings (SSSR count). The van der Waals surface area contributed by atoms with Gasteiger partial charge in [-0.05, 0) is 36.1 Å². The van der Waals surface area contributed by atoms with Gasteiger partial charge < -0.3 is 10.3 Å². The highest BCUT2D eigenvalue weighted by Crippen LogP contribution is 2.19. The predicted octanol–water partition coefficient (Wildman–Crippen LogP) is 3.59. The number of pyridine rings is 1. The van der Waals surface area contributed by atoms with Gasteiger partial charge in [-0.2, -0.15) is 0 Å². The smallest absolute Gasteiger partial charge is 0.261 e. The number of hydrogen-bond donors (Lipinski definition) is 2. The van der Waals surface area contributed by atoms with Gasteiger partial charge >= 0.3 is 0 Å². The molecule has 3 aromatic rings. The number of thiophene rings is 1. The Morgan fingerprint density at radius 2 is 1.87 bits per heavy atom. The van der Waals surface area contributed by atoms with Gasteiger partial charge in [0.15, 0.2) is 0 Å². The van der Waals surface area contributed by atoms with E-state index in [0.717, 1.165) is 10.4 Å². The maximum Gasteiger partial charge on any atom is 0.261 e. The number of rotatable bonds is 4. The van der Waals surface area contributed by atoms with Crippen LogP contribution in [-0.4, -0.2) is 10.9 Å². The number of nitrogens with one attached hydrogen (secondary N) is 2. The summed E-state index contributed by atoms with van der Waals surface area (Å²) in [6.45, 7) is 1.90. The van der Waals surface area contributed by atoms with Crippen molar-refractivity contribution in [3.63, 3.8) is 0 Å². The number of benzene rings is 1. The van der Waals surface area contributed by atoms with Crippen molar-refractivity contribution in [3.8, 4) is 11.3 Å². The van der Waals surface area contributed by atoms with Crippen LogP contribution in [0.15, 0.2) is 64.8 Å². The van der Waals surface area contributed by atoms with Crippen LogP contribution in [0.2, 0.25) is 0 Å². The van der Waals surface area contributed by atoms with Crippen LogP contribution < -0.4 is 10.9 Å². The molecule has 0 aliphatic heterocycles. The van der Waals surface area contributed by atoms with E-state index in [2.05, 4.69) is 10.3 Å². The lowest BCUT2D eigenvalue weighted by Gasteiger charge is -2.12. The van der Waals surface area contributed by atoms with Crippen LogP contribution in [0.1, 0.15) is 28.2 Å². The van der Waals surface area contributed by atoms with Crippen LogP contribution >= 0.6 is 11.3 Å². The third-order valence-electron chi connectivity index (χ3n) is 3.56. The number of H-pyrrole nitrogens is 1. The summed E-state index contributed by atoms with van der Waals surface area (Å²) < 4.78 is 0. The Morgan fingerprint density at radius 1 is 1.09 bits per heavy atom. The van der Waals surface area contributed by atoms with Crippen molar-refractivity contribution in [3.05, 3.63) is 80.8 Å². The average Bonchev–Trinajstić information content (AvgIpc) is 3.10. The van der Waals surface area contributed by atoms with Crippen LogP contribution in [-0.2, 0) is 0 Å². The zero-order valence-electron chi connectivity index (χ0n) is 12.6. The summed E-state index contributed by atoms with van der Waals surface area (Å²) in [7, 11) is 0. The summed E-state index contributed by atoms with van der Waals surface area (Å²) in [6.07, 6.45) is 0. The molecule has 1 amide bonds. The molecule has 0 radical (unpaired) electrons. The molecule has 2 aromatic heterocycles. The molecule has 0 fully saturated rings. The van der Waals surface area contributed by atoms with E-state index in [1.807, 2.05) is 54.8 Å². The van der Waals surface area contributed by atoms with Gasteiger partial charge in [0.05, 0.1) is 6.04 Å². The molecule has 2 heterocycles. The van der Waals surface area contributed by atoms with E-state index in [9.17, 15) is 9.59 Å². The molecule has 0 aliphatic rings. The number of hydrogen-bond acceptors (Lipinski definition) is 3. The van der Waals surface area contributed by atoms with Gasteiger partial charge in [0.25, 0.3) is 11.5 Å². The van der Waals surface area contributed by atoms with Gasteiger partial charge in [-0.1, -0.05) is 36.4 Å². The highest BCUT2D eigenvalue weighted by atomic mass is 32.1. The number of aromatic amines is 1. The van der Waals surface area contributed by atoms with Crippen LogP contribution in [0.3, 0.4) is 0 Å². The van der Waals surface area contributed by atoms with Crippen molar-refractivity contribution >= 4 is 17.2 Å². The molecule has 0 spiro atoms. The van der Waals surface area contributed by atoms with Crippen LogP contribution in [0, 0.1) is 0 Å². The fourth-order valence-electron chi connectivity index (χ4n) is 2.32. The van der Waals surface area contributed by atoms with Crippen molar-refractivity contribution in [2.24, 2.45) is 0 Å². The fourth-order valence-corrected chi connectivity index (χ4v) is 3.06. The maximum absolute atomic E-state index is 12.3. The summed E-state index contributed by atoms with van der Waals surface area (Å²) in [4.78, 5) is 28.3. The Morgan fingerprint density at radius 3 is 2.52 bits per heavy atom. The quantitative estimate of drug-likeness (QED) is 0.770. The number of aromatic nitrogens is 1. The van der Waals surface area contributed by atoms with Crippen molar-refractivity contribution in [1.29, 1.82) is 0 Å². The minimum absolute atomic E-state index is 0.119. The number of amides is 1. The lowest BCUT2D eigenvalue weighted by molar-refractivity contribution is 0.0939. The normalized spacial score (nSPS) is 11.9. The molecule has 23 heavy (non-hydrogen) atoms. The van der Waals surface area contributed by atoms with Gasteiger partial charge in [-0.25, -0.2) is 0 Å². The lowest BCUT2D eigenvalue weighted by Crippen LogP contribution is -2.31.